The first kappa shape index (κ1) is 23.9. The summed E-state index contributed by atoms with van der Waals surface area (Å²) in [7, 11) is 0. The average molecular weight is 509 g/mol. The van der Waals surface area contributed by atoms with Gasteiger partial charge in [-0.15, -0.1) is 10.2 Å². The summed E-state index contributed by atoms with van der Waals surface area (Å²) in [6, 6.07) is 14.5. The molecule has 1 aromatic heterocycles. The molecule has 0 atom stereocenters. The largest absolute Gasteiger partial charge is 0.505 e. The lowest BCUT2D eigenvalue weighted by molar-refractivity contribution is 0.0697. The number of carboxylic acid groups (broad SMARTS) is 1. The number of aromatic carboxylic acids is 1. The maximum Gasteiger partial charge on any atom is 0.335 e. The van der Waals surface area contributed by atoms with Gasteiger partial charge in [0.05, 0.1) is 16.9 Å². The van der Waals surface area contributed by atoms with Crippen molar-refractivity contribution in [2.24, 2.45) is 10.2 Å². The Hall–Kier alpha value is -4.46. The van der Waals surface area contributed by atoms with Crippen LogP contribution in [-0.4, -0.2) is 26.0 Å². The van der Waals surface area contributed by atoms with Crippen LogP contribution < -0.4 is 5.56 Å². The van der Waals surface area contributed by atoms with E-state index in [4.69, 9.17) is 0 Å². The van der Waals surface area contributed by atoms with Crippen molar-refractivity contribution in [2.45, 2.75) is 51.9 Å². The van der Waals surface area contributed by atoms with Gasteiger partial charge in [0.25, 0.3) is 5.56 Å². The minimum atomic E-state index is -1.04. The number of hydrogen-bond donors (Lipinski definition) is 3. The van der Waals surface area contributed by atoms with Gasteiger partial charge >= 0.3 is 5.97 Å². The number of nitrogens with one attached hydrogen (secondary N) is 1. The van der Waals surface area contributed by atoms with Crippen LogP contribution in [0.1, 0.15) is 57.6 Å². The third-order valence-electron chi connectivity index (χ3n) is 7.65. The van der Waals surface area contributed by atoms with Gasteiger partial charge in [0.2, 0.25) is 0 Å². The molecule has 1 heterocycles. The van der Waals surface area contributed by atoms with Crippen molar-refractivity contribution in [2.75, 3.05) is 0 Å². The molecule has 8 nitrogen and oxygen atoms in total. The summed E-state index contributed by atoms with van der Waals surface area (Å²) >= 11 is 0. The number of H-pyrrole nitrogens is 1. The second-order valence-corrected chi connectivity index (χ2v) is 10.1. The highest BCUT2D eigenvalue weighted by Crippen LogP contribution is 2.45. The van der Waals surface area contributed by atoms with Crippen molar-refractivity contribution < 1.29 is 15.0 Å². The topological polar surface area (TPSA) is 120 Å². The number of phenolic OH excluding ortho intramolecular Hbond substituents is 1. The van der Waals surface area contributed by atoms with E-state index in [1.165, 1.54) is 21.9 Å². The van der Waals surface area contributed by atoms with Crippen molar-refractivity contribution in [1.82, 2.24) is 9.78 Å². The summed E-state index contributed by atoms with van der Waals surface area (Å²) in [6.45, 7) is 1.78. The van der Waals surface area contributed by atoms with E-state index in [-0.39, 0.29) is 22.6 Å². The number of phenols is 1. The second kappa shape index (κ2) is 9.45. The number of fused-ring (bicyclic) bond motifs is 2. The molecule has 2 aliphatic rings. The van der Waals surface area contributed by atoms with Gasteiger partial charge in [-0.25, -0.2) is 9.48 Å². The van der Waals surface area contributed by atoms with Gasteiger partial charge in [-0.05, 0) is 110 Å². The Labute approximate surface area is 219 Å². The fourth-order valence-corrected chi connectivity index (χ4v) is 5.65. The molecule has 0 amide bonds. The smallest absolute Gasteiger partial charge is 0.335 e. The molecule has 3 N–H and O–H groups in total. The average Bonchev–Trinajstić information content (AvgIpc) is 3.51. The molecular weight excluding hydrogens is 480 g/mol. The number of carboxylic acids is 1. The number of rotatable bonds is 5. The summed E-state index contributed by atoms with van der Waals surface area (Å²) in [5.41, 5.74) is 7.37. The van der Waals surface area contributed by atoms with Crippen molar-refractivity contribution in [3.8, 4) is 22.6 Å². The van der Waals surface area contributed by atoms with E-state index in [0.717, 1.165) is 61.8 Å². The monoisotopic (exact) mass is 508 g/mol. The predicted molar refractivity (Wildman–Crippen MR) is 144 cm³/mol. The summed E-state index contributed by atoms with van der Waals surface area (Å²) in [6.07, 6.45) is 6.78. The molecule has 8 heteroatoms. The van der Waals surface area contributed by atoms with E-state index < -0.39 is 5.97 Å². The Kier molecular flexibility index (Phi) is 5.94. The Morgan fingerprint density at radius 3 is 2.50 bits per heavy atom. The summed E-state index contributed by atoms with van der Waals surface area (Å²) in [5, 5.41) is 32.7. The van der Waals surface area contributed by atoms with E-state index in [1.807, 2.05) is 12.1 Å². The van der Waals surface area contributed by atoms with Crippen LogP contribution in [0, 0.1) is 6.92 Å². The summed E-state index contributed by atoms with van der Waals surface area (Å²) in [4.78, 5) is 24.9. The van der Waals surface area contributed by atoms with Crippen LogP contribution in [-0.2, 0) is 25.7 Å². The lowest BCUT2D eigenvalue weighted by Gasteiger charge is -2.20. The molecule has 0 saturated heterocycles. The molecule has 0 aliphatic heterocycles. The molecule has 38 heavy (non-hydrogen) atoms. The number of aryl methyl sites for hydroxylation is 4. The van der Waals surface area contributed by atoms with Crippen LogP contribution in [0.2, 0.25) is 0 Å². The Morgan fingerprint density at radius 1 is 0.895 bits per heavy atom. The zero-order valence-corrected chi connectivity index (χ0v) is 21.1. The molecule has 0 bridgehead atoms. The number of carbonyl (C=O) groups is 1. The normalized spacial score (nSPS) is 14.6. The first-order valence-corrected chi connectivity index (χ1v) is 13.0. The standard InChI is InChI=1S/C30H28N4O4/c1-17-26(29(36)34(33-17)23-13-12-18-7-4-8-19(18)15-23)31-32-27-24-11-3-2-6-21(24)16-25(28(27)35)20-9-5-10-22(14-20)30(37)38/h5,9-10,12-16,33,35H,2-4,6-8,11H2,1H3,(H,37,38). The first-order chi connectivity index (χ1) is 18.4. The molecule has 0 spiro atoms. The highest BCUT2D eigenvalue weighted by Gasteiger charge is 2.22. The number of nitrogens with zero attached hydrogens (tertiary/aromatic N) is 3. The van der Waals surface area contributed by atoms with Gasteiger partial charge in [-0.2, -0.15) is 0 Å². The van der Waals surface area contributed by atoms with E-state index >= 15 is 0 Å². The van der Waals surface area contributed by atoms with Crippen LogP contribution in [0.15, 0.2) is 63.6 Å². The minimum Gasteiger partial charge on any atom is -0.505 e. The molecule has 0 fully saturated rings. The minimum absolute atomic E-state index is 0.0657. The van der Waals surface area contributed by atoms with E-state index in [0.29, 0.717) is 22.5 Å². The quantitative estimate of drug-likeness (QED) is 0.273. The highest BCUT2D eigenvalue weighted by atomic mass is 16.4. The number of hydrogen-bond acceptors (Lipinski definition) is 5. The first-order valence-electron chi connectivity index (χ1n) is 13.0. The van der Waals surface area contributed by atoms with E-state index in [1.54, 1.807) is 25.1 Å². The molecule has 192 valence electrons. The van der Waals surface area contributed by atoms with Gasteiger partial charge in [0, 0.05) is 5.56 Å². The van der Waals surface area contributed by atoms with Gasteiger partial charge in [0.15, 0.2) is 11.4 Å². The van der Waals surface area contributed by atoms with Crippen LogP contribution in [0.25, 0.3) is 16.8 Å². The van der Waals surface area contributed by atoms with Crippen molar-refractivity contribution >= 4 is 17.3 Å². The zero-order valence-electron chi connectivity index (χ0n) is 21.1. The van der Waals surface area contributed by atoms with Crippen molar-refractivity contribution in [3.63, 3.8) is 0 Å². The number of aromatic hydroxyl groups is 1. The maximum atomic E-state index is 13.3. The molecular formula is C30H28N4O4. The fraction of sp³-hybridized carbons (Fsp3) is 0.267. The Morgan fingerprint density at radius 2 is 1.66 bits per heavy atom. The molecule has 2 aliphatic carbocycles. The second-order valence-electron chi connectivity index (χ2n) is 10.1. The molecule has 0 radical (unpaired) electrons. The van der Waals surface area contributed by atoms with Crippen LogP contribution in [0.4, 0.5) is 11.4 Å². The SMILES string of the molecule is Cc1[nH]n(-c2ccc3c(c2)CCC3)c(=O)c1N=Nc1c(O)c(-c2cccc(C(=O)O)c2)cc2c1CCCC2. The highest BCUT2D eigenvalue weighted by molar-refractivity contribution is 5.90. The third kappa shape index (κ3) is 4.12. The van der Waals surface area contributed by atoms with Crippen LogP contribution in [0.5, 0.6) is 5.75 Å². The number of azo groups is 1. The molecule has 3 aromatic carbocycles. The number of aromatic nitrogens is 2. The van der Waals surface area contributed by atoms with Gasteiger partial charge < -0.3 is 10.2 Å². The molecule has 0 saturated carbocycles. The lowest BCUT2D eigenvalue weighted by Crippen LogP contribution is -2.14. The molecule has 6 rings (SSSR count). The number of aromatic amines is 1. The van der Waals surface area contributed by atoms with Gasteiger partial charge in [-0.1, -0.05) is 18.2 Å². The van der Waals surface area contributed by atoms with E-state index in [2.05, 4.69) is 27.5 Å². The summed E-state index contributed by atoms with van der Waals surface area (Å²) < 4.78 is 1.49. The van der Waals surface area contributed by atoms with E-state index in [9.17, 15) is 19.8 Å². The van der Waals surface area contributed by atoms with Crippen LogP contribution >= 0.6 is 0 Å². The Bertz CT molecular complexity index is 1680. The maximum absolute atomic E-state index is 13.3. The van der Waals surface area contributed by atoms with Crippen molar-refractivity contribution in [3.05, 3.63) is 92.4 Å². The van der Waals surface area contributed by atoms with Gasteiger partial charge in [-0.3, -0.25) is 9.89 Å². The molecule has 4 aromatic rings. The van der Waals surface area contributed by atoms with Crippen LogP contribution in [0.3, 0.4) is 0 Å². The molecule has 0 unspecified atom stereocenters. The zero-order chi connectivity index (χ0) is 26.4. The third-order valence-corrected chi connectivity index (χ3v) is 7.65. The van der Waals surface area contributed by atoms with Gasteiger partial charge in [0.1, 0.15) is 5.69 Å². The Balaban J connectivity index is 1.43. The van der Waals surface area contributed by atoms with Crippen molar-refractivity contribution in [1.29, 1.82) is 0 Å². The summed E-state index contributed by atoms with van der Waals surface area (Å²) in [5.74, 6) is -1.10. The fourth-order valence-electron chi connectivity index (χ4n) is 5.65. The predicted octanol–water partition coefficient (Wildman–Crippen LogP) is 6.33. The lowest BCUT2D eigenvalue weighted by atomic mass is 9.87. The number of benzene rings is 3.